The fourth-order valence-corrected chi connectivity index (χ4v) is 5.21. The van der Waals surface area contributed by atoms with Crippen molar-refractivity contribution >= 4 is 23.5 Å². The molecule has 7 nitrogen and oxygen atoms in total. The van der Waals surface area contributed by atoms with Crippen LogP contribution in [0.5, 0.6) is 0 Å². The zero-order valence-electron chi connectivity index (χ0n) is 18.7. The number of likely N-dealkylation sites (tertiary alicyclic amines) is 1. The number of rotatable bonds is 6. The maximum atomic E-state index is 13.5. The van der Waals surface area contributed by atoms with Crippen molar-refractivity contribution in [2.75, 3.05) is 18.4 Å². The lowest BCUT2D eigenvalue weighted by Crippen LogP contribution is -2.48. The second-order valence-electron chi connectivity index (χ2n) is 9.11. The third-order valence-electron chi connectivity index (χ3n) is 7.11. The molecule has 7 heteroatoms. The van der Waals surface area contributed by atoms with Crippen molar-refractivity contribution in [3.8, 4) is 0 Å². The minimum atomic E-state index is -1.02. The second kappa shape index (κ2) is 10.2. The molecule has 0 bridgehead atoms. The lowest BCUT2D eigenvalue weighted by atomic mass is 9.81. The fraction of sp³-hybridized carbons (Fsp3) is 0.423. The number of carbonyl (C=O) groups is 3. The lowest BCUT2D eigenvalue weighted by molar-refractivity contribution is -0.141. The summed E-state index contributed by atoms with van der Waals surface area (Å²) in [5.74, 6) is -0.869. The fourth-order valence-electron chi connectivity index (χ4n) is 5.21. The van der Waals surface area contributed by atoms with E-state index in [1.165, 1.54) is 12.1 Å². The van der Waals surface area contributed by atoms with Crippen LogP contribution in [0.25, 0.3) is 0 Å². The standard InChI is InChI=1S/C26H31N3O4/c27-16-17-6-8-19(9-7-17)25(31)29-15-14-22(18-4-2-1-3-5-18)23(29)24(30)28-21-12-10-20(11-13-21)26(32)33/h1-5,10-13,17,19,22-23H,6-9,14-16,27H2,(H,28,30)(H,32,33)/t17-,19-,22?,23?. The quantitative estimate of drug-likeness (QED) is 0.625. The number of nitrogens with two attached hydrogens (primary N) is 1. The molecule has 0 radical (unpaired) electrons. The Morgan fingerprint density at radius 2 is 1.61 bits per heavy atom. The van der Waals surface area contributed by atoms with Gasteiger partial charge in [-0.1, -0.05) is 30.3 Å². The highest BCUT2D eigenvalue weighted by atomic mass is 16.4. The van der Waals surface area contributed by atoms with Gasteiger partial charge in [0.25, 0.3) is 0 Å². The zero-order valence-corrected chi connectivity index (χ0v) is 18.7. The number of anilines is 1. The van der Waals surface area contributed by atoms with Gasteiger partial charge in [-0.3, -0.25) is 9.59 Å². The average Bonchev–Trinajstić information content (AvgIpc) is 3.30. The van der Waals surface area contributed by atoms with Crippen LogP contribution in [-0.2, 0) is 9.59 Å². The molecule has 4 rings (SSSR count). The maximum absolute atomic E-state index is 13.5. The van der Waals surface area contributed by atoms with Crippen LogP contribution < -0.4 is 11.1 Å². The predicted octanol–water partition coefficient (Wildman–Crippen LogP) is 3.47. The van der Waals surface area contributed by atoms with E-state index in [-0.39, 0.29) is 29.2 Å². The zero-order chi connectivity index (χ0) is 23.4. The number of nitrogens with one attached hydrogen (secondary N) is 1. The van der Waals surface area contributed by atoms with E-state index in [1.807, 2.05) is 30.3 Å². The highest BCUT2D eigenvalue weighted by Gasteiger charge is 2.44. The molecule has 0 spiro atoms. The van der Waals surface area contributed by atoms with E-state index in [2.05, 4.69) is 5.32 Å². The van der Waals surface area contributed by atoms with Crippen molar-refractivity contribution in [2.24, 2.45) is 17.6 Å². The molecule has 2 amide bonds. The first-order valence-electron chi connectivity index (χ1n) is 11.7. The van der Waals surface area contributed by atoms with Crippen LogP contribution in [0.2, 0.25) is 0 Å². The van der Waals surface area contributed by atoms with Crippen molar-refractivity contribution in [1.29, 1.82) is 0 Å². The number of aromatic carboxylic acids is 1. The smallest absolute Gasteiger partial charge is 0.335 e. The first kappa shape index (κ1) is 23.0. The summed E-state index contributed by atoms with van der Waals surface area (Å²) >= 11 is 0. The summed E-state index contributed by atoms with van der Waals surface area (Å²) < 4.78 is 0. The number of carbonyl (C=O) groups excluding carboxylic acids is 2. The summed E-state index contributed by atoms with van der Waals surface area (Å²) in [7, 11) is 0. The molecule has 2 atom stereocenters. The normalized spacial score (nSPS) is 24.9. The number of carboxylic acids is 1. The molecule has 1 saturated heterocycles. The Balaban J connectivity index is 1.55. The molecule has 33 heavy (non-hydrogen) atoms. The Hall–Kier alpha value is -3.19. The van der Waals surface area contributed by atoms with Crippen LogP contribution in [0, 0.1) is 11.8 Å². The third kappa shape index (κ3) is 5.09. The first-order chi connectivity index (χ1) is 16.0. The van der Waals surface area contributed by atoms with Crippen LogP contribution >= 0.6 is 0 Å². The third-order valence-corrected chi connectivity index (χ3v) is 7.11. The number of amides is 2. The summed E-state index contributed by atoms with van der Waals surface area (Å²) in [5, 5.41) is 12.0. The van der Waals surface area contributed by atoms with Gasteiger partial charge < -0.3 is 21.1 Å². The SMILES string of the molecule is NC[C@H]1CC[C@H](C(=O)N2CCC(c3ccccc3)C2C(=O)Nc2ccc(C(=O)O)cc2)CC1. The second-order valence-corrected chi connectivity index (χ2v) is 9.11. The Morgan fingerprint density at radius 1 is 0.939 bits per heavy atom. The molecule has 2 aromatic carbocycles. The molecule has 1 aliphatic heterocycles. The summed E-state index contributed by atoms with van der Waals surface area (Å²) in [4.78, 5) is 39.9. The van der Waals surface area contributed by atoms with Gasteiger partial charge in [-0.15, -0.1) is 0 Å². The summed E-state index contributed by atoms with van der Waals surface area (Å²) in [6.45, 7) is 1.21. The van der Waals surface area contributed by atoms with Crippen molar-refractivity contribution < 1.29 is 19.5 Å². The molecule has 174 valence electrons. The molecule has 1 aliphatic carbocycles. The van der Waals surface area contributed by atoms with E-state index in [1.54, 1.807) is 17.0 Å². The highest BCUT2D eigenvalue weighted by Crippen LogP contribution is 2.37. The molecule has 2 aromatic rings. The molecule has 2 fully saturated rings. The van der Waals surface area contributed by atoms with Crippen LogP contribution in [-0.4, -0.2) is 46.9 Å². The van der Waals surface area contributed by atoms with Gasteiger partial charge in [0, 0.05) is 24.1 Å². The van der Waals surface area contributed by atoms with E-state index < -0.39 is 12.0 Å². The molecular formula is C26H31N3O4. The van der Waals surface area contributed by atoms with Gasteiger partial charge in [0.1, 0.15) is 6.04 Å². The summed E-state index contributed by atoms with van der Waals surface area (Å²) in [5.41, 5.74) is 7.52. The Bertz CT molecular complexity index is 984. The van der Waals surface area contributed by atoms with Gasteiger partial charge in [0.15, 0.2) is 0 Å². The first-order valence-corrected chi connectivity index (χ1v) is 11.7. The molecule has 4 N–H and O–H groups in total. The van der Waals surface area contributed by atoms with E-state index >= 15 is 0 Å². The van der Waals surface area contributed by atoms with Crippen molar-refractivity contribution in [3.63, 3.8) is 0 Å². The van der Waals surface area contributed by atoms with Gasteiger partial charge in [0.05, 0.1) is 5.56 Å². The Kier molecular flexibility index (Phi) is 7.08. The van der Waals surface area contributed by atoms with Gasteiger partial charge in [-0.2, -0.15) is 0 Å². The number of hydrogen-bond acceptors (Lipinski definition) is 4. The van der Waals surface area contributed by atoms with E-state index in [9.17, 15) is 14.4 Å². The van der Waals surface area contributed by atoms with Gasteiger partial charge >= 0.3 is 5.97 Å². The molecular weight excluding hydrogens is 418 g/mol. The average molecular weight is 450 g/mol. The van der Waals surface area contributed by atoms with E-state index in [0.29, 0.717) is 24.7 Å². The number of carboxylic acid groups (broad SMARTS) is 1. The van der Waals surface area contributed by atoms with Crippen molar-refractivity contribution in [2.45, 2.75) is 44.1 Å². The van der Waals surface area contributed by atoms with Crippen molar-refractivity contribution in [1.82, 2.24) is 4.90 Å². The lowest BCUT2D eigenvalue weighted by Gasteiger charge is -2.33. The number of hydrogen-bond donors (Lipinski definition) is 3. The van der Waals surface area contributed by atoms with E-state index in [4.69, 9.17) is 10.8 Å². The minimum Gasteiger partial charge on any atom is -0.478 e. The minimum absolute atomic E-state index is 0.0604. The van der Waals surface area contributed by atoms with Crippen LogP contribution in [0.3, 0.4) is 0 Å². The molecule has 1 saturated carbocycles. The molecule has 2 aliphatic rings. The Morgan fingerprint density at radius 3 is 2.21 bits per heavy atom. The summed E-state index contributed by atoms with van der Waals surface area (Å²) in [6.07, 6.45) is 4.27. The summed E-state index contributed by atoms with van der Waals surface area (Å²) in [6, 6.07) is 15.3. The monoisotopic (exact) mass is 449 g/mol. The highest BCUT2D eigenvalue weighted by molar-refractivity contribution is 5.99. The van der Waals surface area contributed by atoms with Crippen LogP contribution in [0.1, 0.15) is 53.9 Å². The molecule has 0 aromatic heterocycles. The number of nitrogens with zero attached hydrogens (tertiary/aromatic N) is 1. The van der Waals surface area contributed by atoms with Crippen LogP contribution in [0.15, 0.2) is 54.6 Å². The van der Waals surface area contributed by atoms with Gasteiger partial charge in [-0.05, 0) is 74.4 Å². The largest absolute Gasteiger partial charge is 0.478 e. The predicted molar refractivity (Wildman–Crippen MR) is 126 cm³/mol. The van der Waals surface area contributed by atoms with Crippen LogP contribution in [0.4, 0.5) is 5.69 Å². The molecule has 1 heterocycles. The number of benzene rings is 2. The Labute approximate surface area is 194 Å². The molecule has 2 unspecified atom stereocenters. The van der Waals surface area contributed by atoms with E-state index in [0.717, 1.165) is 37.7 Å². The maximum Gasteiger partial charge on any atom is 0.335 e. The van der Waals surface area contributed by atoms with Crippen molar-refractivity contribution in [3.05, 3.63) is 65.7 Å². The topological polar surface area (TPSA) is 113 Å². The van der Waals surface area contributed by atoms with Gasteiger partial charge in [-0.25, -0.2) is 4.79 Å². The van der Waals surface area contributed by atoms with Gasteiger partial charge in [0.2, 0.25) is 11.8 Å².